The molecule has 22 heavy (non-hydrogen) atoms. The van der Waals surface area contributed by atoms with Crippen LogP contribution >= 0.6 is 0 Å². The van der Waals surface area contributed by atoms with Crippen LogP contribution in [0.1, 0.15) is 41.8 Å². The highest BCUT2D eigenvalue weighted by atomic mass is 16.5. The van der Waals surface area contributed by atoms with Gasteiger partial charge in [-0.05, 0) is 32.3 Å². The maximum atomic E-state index is 13.1. The minimum atomic E-state index is -0.338. The van der Waals surface area contributed by atoms with Crippen molar-refractivity contribution in [1.29, 1.82) is 0 Å². The molecule has 1 fully saturated rings. The molecule has 1 aliphatic carbocycles. The zero-order valence-corrected chi connectivity index (χ0v) is 13.4. The Hall–Kier alpha value is -2.10. The summed E-state index contributed by atoms with van der Waals surface area (Å²) in [7, 11) is 1.87. The molecule has 1 aromatic heterocycles. The van der Waals surface area contributed by atoms with Gasteiger partial charge in [-0.2, -0.15) is 0 Å². The van der Waals surface area contributed by atoms with Gasteiger partial charge in [0.1, 0.15) is 5.76 Å². The quantitative estimate of drug-likeness (QED) is 0.869. The van der Waals surface area contributed by atoms with E-state index in [1.807, 2.05) is 44.0 Å². The van der Waals surface area contributed by atoms with Gasteiger partial charge in [0, 0.05) is 12.6 Å². The van der Waals surface area contributed by atoms with E-state index in [-0.39, 0.29) is 11.3 Å². The Morgan fingerprint density at radius 2 is 1.95 bits per heavy atom. The number of rotatable bonds is 4. The molecule has 0 aliphatic heterocycles. The topological polar surface area (TPSA) is 46.3 Å². The number of likely N-dealkylation sites (N-methyl/N-ethyl adjacent to an activating group) is 1. The predicted octanol–water partition coefficient (Wildman–Crippen LogP) is 3.37. The second-order valence-corrected chi connectivity index (χ2v) is 6.27. The van der Waals surface area contributed by atoms with Crippen LogP contribution in [0.4, 0.5) is 0 Å². The van der Waals surface area contributed by atoms with Crippen molar-refractivity contribution in [3.63, 3.8) is 0 Å². The van der Waals surface area contributed by atoms with Crippen LogP contribution in [0.15, 0.2) is 34.9 Å². The lowest BCUT2D eigenvalue weighted by Gasteiger charge is -2.43. The standard InChI is InChI=1S/C18H22N2O2/c1-13-16(14(2)22-19-13)12-20(3)17(21)18(10-7-11-18)15-8-5-4-6-9-15/h4-6,8-9H,7,10-12H2,1-3H3. The Labute approximate surface area is 131 Å². The van der Waals surface area contributed by atoms with Crippen LogP contribution in [0.5, 0.6) is 0 Å². The second kappa shape index (κ2) is 5.59. The van der Waals surface area contributed by atoms with Gasteiger partial charge in [-0.3, -0.25) is 4.79 Å². The van der Waals surface area contributed by atoms with Gasteiger partial charge in [-0.15, -0.1) is 0 Å². The van der Waals surface area contributed by atoms with Gasteiger partial charge in [0.25, 0.3) is 0 Å². The molecule has 1 saturated carbocycles. The van der Waals surface area contributed by atoms with Gasteiger partial charge in [-0.25, -0.2) is 0 Å². The lowest BCUT2D eigenvalue weighted by Crippen LogP contribution is -2.49. The van der Waals surface area contributed by atoms with Crippen molar-refractivity contribution in [2.45, 2.75) is 45.1 Å². The number of aryl methyl sites for hydroxylation is 2. The van der Waals surface area contributed by atoms with Crippen LogP contribution < -0.4 is 0 Å². The molecule has 116 valence electrons. The zero-order valence-electron chi connectivity index (χ0n) is 13.4. The van der Waals surface area contributed by atoms with Gasteiger partial charge >= 0.3 is 0 Å². The third-order valence-corrected chi connectivity index (χ3v) is 4.87. The van der Waals surface area contributed by atoms with Crippen LogP contribution in [-0.2, 0) is 16.8 Å². The number of hydrogen-bond donors (Lipinski definition) is 0. The van der Waals surface area contributed by atoms with Crippen molar-refractivity contribution in [3.8, 4) is 0 Å². The minimum Gasteiger partial charge on any atom is -0.361 e. The molecule has 1 aromatic carbocycles. The summed E-state index contributed by atoms with van der Waals surface area (Å²) in [6, 6.07) is 10.2. The van der Waals surface area contributed by atoms with Crippen LogP contribution in [-0.4, -0.2) is 23.0 Å². The molecule has 3 rings (SSSR count). The largest absolute Gasteiger partial charge is 0.361 e. The van der Waals surface area contributed by atoms with Gasteiger partial charge in [-0.1, -0.05) is 41.9 Å². The summed E-state index contributed by atoms with van der Waals surface area (Å²) >= 11 is 0. The van der Waals surface area contributed by atoms with E-state index in [1.165, 1.54) is 0 Å². The van der Waals surface area contributed by atoms with E-state index >= 15 is 0 Å². The molecular weight excluding hydrogens is 276 g/mol. The summed E-state index contributed by atoms with van der Waals surface area (Å²) in [5, 5.41) is 3.97. The summed E-state index contributed by atoms with van der Waals surface area (Å²) in [6.07, 6.45) is 2.98. The summed E-state index contributed by atoms with van der Waals surface area (Å²) in [4.78, 5) is 14.9. The van der Waals surface area contributed by atoms with Crippen LogP contribution in [0, 0.1) is 13.8 Å². The highest BCUT2D eigenvalue weighted by molar-refractivity contribution is 5.89. The molecule has 0 N–H and O–H groups in total. The Kier molecular flexibility index (Phi) is 3.77. The third-order valence-electron chi connectivity index (χ3n) is 4.87. The third kappa shape index (κ3) is 2.32. The number of carbonyl (C=O) groups is 1. The average molecular weight is 298 g/mol. The monoisotopic (exact) mass is 298 g/mol. The lowest BCUT2D eigenvalue weighted by molar-refractivity contribution is -0.140. The molecule has 1 amide bonds. The number of amides is 1. The molecule has 0 radical (unpaired) electrons. The van der Waals surface area contributed by atoms with Crippen molar-refractivity contribution >= 4 is 5.91 Å². The van der Waals surface area contributed by atoms with Gasteiger partial charge < -0.3 is 9.42 Å². The molecular formula is C18H22N2O2. The van der Waals surface area contributed by atoms with E-state index in [0.717, 1.165) is 41.8 Å². The Bertz CT molecular complexity index is 652. The Morgan fingerprint density at radius 1 is 1.27 bits per heavy atom. The molecule has 1 aliphatic rings. The maximum Gasteiger partial charge on any atom is 0.233 e. The first kappa shape index (κ1) is 14.8. The molecule has 0 unspecified atom stereocenters. The molecule has 0 saturated heterocycles. The predicted molar refractivity (Wildman–Crippen MR) is 84.4 cm³/mol. The maximum absolute atomic E-state index is 13.1. The van der Waals surface area contributed by atoms with Gasteiger partial charge in [0.05, 0.1) is 17.7 Å². The van der Waals surface area contributed by atoms with Gasteiger partial charge in [0.15, 0.2) is 0 Å². The van der Waals surface area contributed by atoms with E-state index in [4.69, 9.17) is 4.52 Å². The number of carbonyl (C=O) groups excluding carboxylic acids is 1. The Morgan fingerprint density at radius 3 is 2.45 bits per heavy atom. The molecule has 4 nitrogen and oxygen atoms in total. The summed E-state index contributed by atoms with van der Waals surface area (Å²) < 4.78 is 5.20. The van der Waals surface area contributed by atoms with Crippen molar-refractivity contribution in [1.82, 2.24) is 10.1 Å². The van der Waals surface area contributed by atoms with E-state index in [2.05, 4.69) is 17.3 Å². The highest BCUT2D eigenvalue weighted by Gasteiger charge is 2.46. The molecule has 1 heterocycles. The summed E-state index contributed by atoms with van der Waals surface area (Å²) in [6.45, 7) is 4.36. The van der Waals surface area contributed by atoms with Crippen molar-refractivity contribution in [2.24, 2.45) is 0 Å². The molecule has 0 spiro atoms. The van der Waals surface area contributed by atoms with Crippen molar-refractivity contribution < 1.29 is 9.32 Å². The highest BCUT2D eigenvalue weighted by Crippen LogP contribution is 2.45. The molecule has 0 atom stereocenters. The first-order valence-corrected chi connectivity index (χ1v) is 7.77. The zero-order chi connectivity index (χ0) is 15.7. The Balaban J connectivity index is 1.83. The summed E-state index contributed by atoms with van der Waals surface area (Å²) in [5.74, 6) is 0.990. The van der Waals surface area contributed by atoms with E-state index < -0.39 is 0 Å². The minimum absolute atomic E-state index is 0.199. The normalized spacial score (nSPS) is 16.1. The first-order valence-electron chi connectivity index (χ1n) is 7.77. The number of hydrogen-bond acceptors (Lipinski definition) is 3. The molecule has 0 bridgehead atoms. The fraction of sp³-hybridized carbons (Fsp3) is 0.444. The average Bonchev–Trinajstić information content (AvgIpc) is 2.79. The number of nitrogens with zero attached hydrogens (tertiary/aromatic N) is 2. The van der Waals surface area contributed by atoms with E-state index in [0.29, 0.717) is 6.54 Å². The summed E-state index contributed by atoms with van der Waals surface area (Å²) in [5.41, 5.74) is 2.67. The van der Waals surface area contributed by atoms with Crippen LogP contribution in [0.3, 0.4) is 0 Å². The van der Waals surface area contributed by atoms with Crippen LogP contribution in [0.2, 0.25) is 0 Å². The van der Waals surface area contributed by atoms with Crippen molar-refractivity contribution in [3.05, 3.63) is 52.9 Å². The smallest absolute Gasteiger partial charge is 0.233 e. The fourth-order valence-electron chi connectivity index (χ4n) is 3.32. The second-order valence-electron chi connectivity index (χ2n) is 6.27. The SMILES string of the molecule is Cc1noc(C)c1CN(C)C(=O)C1(c2ccccc2)CCC1. The first-order chi connectivity index (χ1) is 10.5. The van der Waals surface area contributed by atoms with Crippen LogP contribution in [0.25, 0.3) is 0 Å². The molecule has 2 aromatic rings. The van der Waals surface area contributed by atoms with Gasteiger partial charge in [0.2, 0.25) is 5.91 Å². The lowest BCUT2D eigenvalue weighted by atomic mass is 9.63. The van der Waals surface area contributed by atoms with E-state index in [9.17, 15) is 4.79 Å². The number of aromatic nitrogens is 1. The van der Waals surface area contributed by atoms with E-state index in [1.54, 1.807) is 0 Å². The fourth-order valence-corrected chi connectivity index (χ4v) is 3.32. The molecule has 4 heteroatoms. The number of benzene rings is 1. The van der Waals surface area contributed by atoms with Crippen molar-refractivity contribution in [2.75, 3.05) is 7.05 Å².